The highest BCUT2D eigenvalue weighted by molar-refractivity contribution is 9.10. The first-order chi connectivity index (χ1) is 15.8. The van der Waals surface area contributed by atoms with Crippen molar-refractivity contribution in [2.45, 2.75) is 6.92 Å². The molecule has 0 atom stereocenters. The number of hydrogen-bond acceptors (Lipinski definition) is 4. The number of nitrogens with zero attached hydrogens (tertiary/aromatic N) is 1. The number of anilines is 1. The summed E-state index contributed by atoms with van der Waals surface area (Å²) in [4.78, 5) is 12.3. The molecule has 0 unspecified atom stereocenters. The summed E-state index contributed by atoms with van der Waals surface area (Å²) in [7, 11) is 1.50. The van der Waals surface area contributed by atoms with Crippen molar-refractivity contribution in [3.05, 3.63) is 85.8 Å². The minimum atomic E-state index is -0.345. The molecule has 0 radical (unpaired) electrons. The quantitative estimate of drug-likeness (QED) is 0.252. The second-order valence-electron chi connectivity index (χ2n) is 7.01. The number of carbonyl (C=O) groups is 1. The maximum absolute atomic E-state index is 12.3. The van der Waals surface area contributed by atoms with Crippen molar-refractivity contribution < 1.29 is 14.3 Å². The minimum absolute atomic E-state index is 0.232. The SMILES string of the molecule is COc1cc(/C=C(\C#N)c2ccc(Cl)cc2)cc(Br)c1OCC(=O)Nc1ccc(C)c(Cl)c1. The van der Waals surface area contributed by atoms with Gasteiger partial charge in [-0.05, 0) is 82.0 Å². The Balaban J connectivity index is 1.77. The van der Waals surface area contributed by atoms with E-state index in [-0.39, 0.29) is 12.5 Å². The maximum atomic E-state index is 12.3. The highest BCUT2D eigenvalue weighted by Crippen LogP contribution is 2.37. The molecule has 0 saturated carbocycles. The average molecular weight is 546 g/mol. The minimum Gasteiger partial charge on any atom is -0.493 e. The molecule has 33 heavy (non-hydrogen) atoms. The Hall–Kier alpha value is -2.98. The number of amides is 1. The van der Waals surface area contributed by atoms with E-state index >= 15 is 0 Å². The van der Waals surface area contributed by atoms with E-state index in [0.29, 0.717) is 37.3 Å². The van der Waals surface area contributed by atoms with Gasteiger partial charge in [-0.2, -0.15) is 5.26 Å². The molecule has 3 aromatic rings. The molecule has 0 spiro atoms. The molecule has 5 nitrogen and oxygen atoms in total. The molecular weight excluding hydrogens is 527 g/mol. The second-order valence-corrected chi connectivity index (χ2v) is 8.71. The fourth-order valence-corrected chi connectivity index (χ4v) is 3.83. The fraction of sp³-hybridized carbons (Fsp3) is 0.120. The van der Waals surface area contributed by atoms with Crippen molar-refractivity contribution in [2.24, 2.45) is 0 Å². The number of nitrogens with one attached hydrogen (secondary N) is 1. The summed E-state index contributed by atoms with van der Waals surface area (Å²) in [5.41, 5.74) is 3.42. The fourth-order valence-electron chi connectivity index (χ4n) is 2.94. The third kappa shape index (κ3) is 6.52. The van der Waals surface area contributed by atoms with Gasteiger partial charge in [-0.1, -0.05) is 41.4 Å². The van der Waals surface area contributed by atoms with E-state index in [4.69, 9.17) is 32.7 Å². The van der Waals surface area contributed by atoms with E-state index < -0.39 is 0 Å². The highest BCUT2D eigenvalue weighted by atomic mass is 79.9. The van der Waals surface area contributed by atoms with Gasteiger partial charge in [0.15, 0.2) is 18.1 Å². The molecule has 1 amide bonds. The first-order valence-corrected chi connectivity index (χ1v) is 11.3. The first kappa shape index (κ1) is 24.7. The van der Waals surface area contributed by atoms with Crippen molar-refractivity contribution in [2.75, 3.05) is 19.0 Å². The van der Waals surface area contributed by atoms with Crippen LogP contribution in [0.1, 0.15) is 16.7 Å². The number of nitriles is 1. The van der Waals surface area contributed by atoms with E-state index in [0.717, 1.165) is 16.7 Å². The van der Waals surface area contributed by atoms with E-state index in [2.05, 4.69) is 27.3 Å². The molecule has 0 aliphatic carbocycles. The Morgan fingerprint density at radius 1 is 1.15 bits per heavy atom. The number of methoxy groups -OCH3 is 1. The van der Waals surface area contributed by atoms with Crippen molar-refractivity contribution in [1.29, 1.82) is 5.26 Å². The molecule has 0 bridgehead atoms. The summed E-state index contributed by atoms with van der Waals surface area (Å²) < 4.78 is 11.7. The van der Waals surface area contributed by atoms with Crippen LogP contribution in [0.2, 0.25) is 10.0 Å². The second kappa shape index (κ2) is 11.2. The van der Waals surface area contributed by atoms with Gasteiger partial charge in [0.05, 0.1) is 23.2 Å². The predicted octanol–water partition coefficient (Wildman–Crippen LogP) is 7.15. The molecule has 0 saturated heterocycles. The molecule has 0 fully saturated rings. The molecular formula is C25H19BrCl2N2O3. The molecule has 3 aromatic carbocycles. The van der Waals surface area contributed by atoms with Crippen LogP contribution in [0.15, 0.2) is 59.1 Å². The Morgan fingerprint density at radius 3 is 2.52 bits per heavy atom. The van der Waals surface area contributed by atoms with Crippen molar-refractivity contribution in [1.82, 2.24) is 0 Å². The standard InChI is InChI=1S/C25H19BrCl2N2O3/c1-15-3-8-20(12-22(15)28)30-24(31)14-33-25-21(26)10-16(11-23(25)32-2)9-18(13-29)17-4-6-19(27)7-5-17/h3-12H,14H2,1-2H3,(H,30,31)/b18-9+. The van der Waals surface area contributed by atoms with Crippen LogP contribution in [0.5, 0.6) is 11.5 Å². The lowest BCUT2D eigenvalue weighted by atomic mass is 10.0. The average Bonchev–Trinajstić information content (AvgIpc) is 2.79. The van der Waals surface area contributed by atoms with Gasteiger partial charge in [0.25, 0.3) is 5.91 Å². The van der Waals surface area contributed by atoms with Gasteiger partial charge in [0.1, 0.15) is 0 Å². The number of benzene rings is 3. The smallest absolute Gasteiger partial charge is 0.262 e. The Labute approximate surface area is 210 Å². The van der Waals surface area contributed by atoms with E-state index in [1.807, 2.05) is 13.0 Å². The van der Waals surface area contributed by atoms with Gasteiger partial charge in [-0.15, -0.1) is 0 Å². The normalized spacial score (nSPS) is 11.0. The number of ether oxygens (including phenoxy) is 2. The Bertz CT molecular complexity index is 1250. The van der Waals surface area contributed by atoms with Gasteiger partial charge in [-0.3, -0.25) is 4.79 Å². The van der Waals surface area contributed by atoms with Gasteiger partial charge < -0.3 is 14.8 Å². The first-order valence-electron chi connectivity index (χ1n) is 9.74. The van der Waals surface area contributed by atoms with Gasteiger partial charge >= 0.3 is 0 Å². The summed E-state index contributed by atoms with van der Waals surface area (Å²) in [5.74, 6) is 0.439. The molecule has 3 rings (SSSR count). The summed E-state index contributed by atoms with van der Waals surface area (Å²) in [6.45, 7) is 1.65. The van der Waals surface area contributed by atoms with Crippen LogP contribution in [-0.2, 0) is 4.79 Å². The largest absolute Gasteiger partial charge is 0.493 e. The van der Waals surface area contributed by atoms with E-state index in [9.17, 15) is 10.1 Å². The van der Waals surface area contributed by atoms with Crippen molar-refractivity contribution in [3.63, 3.8) is 0 Å². The molecule has 0 aliphatic rings. The van der Waals surface area contributed by atoms with Crippen molar-refractivity contribution in [3.8, 4) is 17.6 Å². The number of allylic oxidation sites excluding steroid dienone is 1. The molecule has 1 N–H and O–H groups in total. The Kier molecular flexibility index (Phi) is 8.40. The number of rotatable bonds is 7. The van der Waals surface area contributed by atoms with Gasteiger partial charge in [0, 0.05) is 15.7 Å². The monoisotopic (exact) mass is 544 g/mol. The molecule has 0 aromatic heterocycles. The number of aryl methyl sites for hydroxylation is 1. The van der Waals surface area contributed by atoms with E-state index in [1.165, 1.54) is 7.11 Å². The highest BCUT2D eigenvalue weighted by Gasteiger charge is 2.14. The third-order valence-electron chi connectivity index (χ3n) is 4.64. The zero-order valence-electron chi connectivity index (χ0n) is 17.8. The Morgan fingerprint density at radius 2 is 1.88 bits per heavy atom. The van der Waals surface area contributed by atoms with Crippen LogP contribution < -0.4 is 14.8 Å². The number of halogens is 3. The van der Waals surface area contributed by atoms with Crippen LogP contribution in [-0.4, -0.2) is 19.6 Å². The van der Waals surface area contributed by atoms with Crippen LogP contribution in [0.4, 0.5) is 5.69 Å². The van der Waals surface area contributed by atoms with Gasteiger partial charge in [0.2, 0.25) is 0 Å². The molecule has 0 heterocycles. The number of hydrogen-bond donors (Lipinski definition) is 1. The van der Waals surface area contributed by atoms with Crippen LogP contribution in [0, 0.1) is 18.3 Å². The topological polar surface area (TPSA) is 71.3 Å². The molecule has 0 aliphatic heterocycles. The number of carbonyl (C=O) groups excluding carboxylic acids is 1. The van der Waals surface area contributed by atoms with Crippen LogP contribution in [0.25, 0.3) is 11.6 Å². The van der Waals surface area contributed by atoms with Crippen molar-refractivity contribution >= 4 is 62.4 Å². The summed E-state index contributed by atoms with van der Waals surface area (Å²) in [5, 5.41) is 13.5. The zero-order valence-corrected chi connectivity index (χ0v) is 20.9. The lowest BCUT2D eigenvalue weighted by molar-refractivity contribution is -0.118. The summed E-state index contributed by atoms with van der Waals surface area (Å²) in [6.07, 6.45) is 1.73. The lowest BCUT2D eigenvalue weighted by Gasteiger charge is -2.14. The summed E-state index contributed by atoms with van der Waals surface area (Å²) in [6, 6.07) is 18.0. The van der Waals surface area contributed by atoms with Gasteiger partial charge in [-0.25, -0.2) is 0 Å². The van der Waals surface area contributed by atoms with E-state index in [1.54, 1.807) is 54.6 Å². The third-order valence-corrected chi connectivity index (χ3v) is 5.89. The summed E-state index contributed by atoms with van der Waals surface area (Å²) >= 11 is 15.5. The lowest BCUT2D eigenvalue weighted by Crippen LogP contribution is -2.20. The van der Waals surface area contributed by atoms with Crippen LogP contribution in [0.3, 0.4) is 0 Å². The predicted molar refractivity (Wildman–Crippen MR) is 136 cm³/mol. The molecule has 168 valence electrons. The maximum Gasteiger partial charge on any atom is 0.262 e. The molecule has 8 heteroatoms. The zero-order chi connectivity index (χ0) is 24.0. The van der Waals surface area contributed by atoms with Crippen LogP contribution >= 0.6 is 39.1 Å².